The SMILES string of the molecule is COC(=O)[C@H]1CCCN1S(=O)c1ccc(C)cc1. The molecule has 1 saturated heterocycles. The Kier molecular flexibility index (Phi) is 4.14. The van der Waals surface area contributed by atoms with E-state index in [1.165, 1.54) is 7.11 Å². The molecule has 0 amide bonds. The van der Waals surface area contributed by atoms with E-state index in [9.17, 15) is 9.00 Å². The quantitative estimate of drug-likeness (QED) is 0.782. The van der Waals surface area contributed by atoms with Crippen LogP contribution in [0.3, 0.4) is 0 Å². The number of esters is 1. The van der Waals surface area contributed by atoms with Gasteiger partial charge in [0.05, 0.1) is 12.0 Å². The third-order valence-electron chi connectivity index (χ3n) is 3.11. The molecule has 1 fully saturated rings. The van der Waals surface area contributed by atoms with E-state index in [1.54, 1.807) is 4.31 Å². The zero-order valence-corrected chi connectivity index (χ0v) is 11.4. The van der Waals surface area contributed by atoms with E-state index in [1.807, 2.05) is 31.2 Å². The fourth-order valence-corrected chi connectivity index (χ4v) is 3.46. The number of hydrogen-bond donors (Lipinski definition) is 0. The molecule has 2 atom stereocenters. The highest BCUT2D eigenvalue weighted by molar-refractivity contribution is 7.82. The second kappa shape index (κ2) is 5.63. The van der Waals surface area contributed by atoms with Crippen molar-refractivity contribution in [1.82, 2.24) is 4.31 Å². The summed E-state index contributed by atoms with van der Waals surface area (Å²) in [4.78, 5) is 12.3. The number of aryl methyl sites for hydroxylation is 1. The summed E-state index contributed by atoms with van der Waals surface area (Å²) in [5.74, 6) is -0.298. The third-order valence-corrected chi connectivity index (χ3v) is 4.65. The van der Waals surface area contributed by atoms with E-state index in [0.29, 0.717) is 13.0 Å². The van der Waals surface area contributed by atoms with Gasteiger partial charge in [0.15, 0.2) is 0 Å². The van der Waals surface area contributed by atoms with Gasteiger partial charge in [-0.3, -0.25) is 4.79 Å². The molecule has 1 aliphatic rings. The van der Waals surface area contributed by atoms with Crippen LogP contribution in [0.4, 0.5) is 0 Å². The van der Waals surface area contributed by atoms with Gasteiger partial charge in [-0.15, -0.1) is 0 Å². The minimum atomic E-state index is -1.29. The van der Waals surface area contributed by atoms with Crippen LogP contribution in [0.25, 0.3) is 0 Å². The summed E-state index contributed by atoms with van der Waals surface area (Å²) in [6, 6.07) is 7.17. The fourth-order valence-electron chi connectivity index (χ4n) is 2.10. The average molecular weight is 267 g/mol. The topological polar surface area (TPSA) is 46.6 Å². The van der Waals surface area contributed by atoms with E-state index in [-0.39, 0.29) is 12.0 Å². The summed E-state index contributed by atoms with van der Waals surface area (Å²) in [6.07, 6.45) is 1.58. The molecule has 1 aliphatic heterocycles. The Balaban J connectivity index is 2.17. The lowest BCUT2D eigenvalue weighted by Crippen LogP contribution is -2.38. The number of ether oxygens (including phenoxy) is 1. The van der Waals surface area contributed by atoms with Crippen molar-refractivity contribution in [3.05, 3.63) is 29.8 Å². The van der Waals surface area contributed by atoms with E-state index in [4.69, 9.17) is 4.74 Å². The molecular formula is C13H17NO3S. The number of benzene rings is 1. The molecule has 2 rings (SSSR count). The molecule has 0 aliphatic carbocycles. The smallest absolute Gasteiger partial charge is 0.324 e. The predicted molar refractivity (Wildman–Crippen MR) is 69.3 cm³/mol. The lowest BCUT2D eigenvalue weighted by atomic mass is 10.2. The fraction of sp³-hybridized carbons (Fsp3) is 0.462. The van der Waals surface area contributed by atoms with Crippen LogP contribution < -0.4 is 0 Å². The van der Waals surface area contributed by atoms with Crippen LogP contribution in [-0.2, 0) is 20.5 Å². The first-order chi connectivity index (χ1) is 8.63. The van der Waals surface area contributed by atoms with Gasteiger partial charge < -0.3 is 4.74 Å². The second-order valence-electron chi connectivity index (χ2n) is 4.38. The van der Waals surface area contributed by atoms with Crippen molar-refractivity contribution in [1.29, 1.82) is 0 Å². The van der Waals surface area contributed by atoms with Gasteiger partial charge in [0.25, 0.3) is 0 Å². The zero-order chi connectivity index (χ0) is 13.1. The minimum absolute atomic E-state index is 0.298. The molecule has 0 saturated carbocycles. The van der Waals surface area contributed by atoms with Crippen LogP contribution in [-0.4, -0.2) is 34.2 Å². The van der Waals surface area contributed by atoms with Gasteiger partial charge in [-0.1, -0.05) is 17.7 Å². The molecule has 4 nitrogen and oxygen atoms in total. The minimum Gasteiger partial charge on any atom is -0.468 e. The summed E-state index contributed by atoms with van der Waals surface area (Å²) in [5, 5.41) is 0. The molecule has 98 valence electrons. The molecule has 18 heavy (non-hydrogen) atoms. The standard InChI is InChI=1S/C13H17NO3S/c1-10-5-7-11(8-6-10)18(16)14-9-3-4-12(14)13(15)17-2/h5-8,12H,3-4,9H2,1-2H3/t12-,18?/m1/s1. The maximum Gasteiger partial charge on any atom is 0.324 e. The highest BCUT2D eigenvalue weighted by Gasteiger charge is 2.35. The van der Waals surface area contributed by atoms with Gasteiger partial charge in [-0.05, 0) is 31.9 Å². The number of hydrogen-bond acceptors (Lipinski definition) is 3. The maximum atomic E-state index is 12.4. The molecule has 0 bridgehead atoms. The Bertz CT molecular complexity index is 458. The van der Waals surface area contributed by atoms with E-state index in [0.717, 1.165) is 16.9 Å². The number of methoxy groups -OCH3 is 1. The average Bonchev–Trinajstić information content (AvgIpc) is 2.87. The van der Waals surface area contributed by atoms with Crippen LogP contribution in [0.5, 0.6) is 0 Å². The van der Waals surface area contributed by atoms with Crippen LogP contribution in [0.2, 0.25) is 0 Å². The van der Waals surface area contributed by atoms with Crippen molar-refractivity contribution < 1.29 is 13.7 Å². The van der Waals surface area contributed by atoms with Crippen LogP contribution >= 0.6 is 0 Å². The first kappa shape index (κ1) is 13.2. The lowest BCUT2D eigenvalue weighted by molar-refractivity contribution is -0.144. The Labute approximate surface area is 110 Å². The number of rotatable bonds is 3. The van der Waals surface area contributed by atoms with E-state index >= 15 is 0 Å². The molecule has 0 spiro atoms. The summed E-state index contributed by atoms with van der Waals surface area (Å²) in [5.41, 5.74) is 1.13. The largest absolute Gasteiger partial charge is 0.468 e. The number of carbonyl (C=O) groups excluding carboxylic acids is 1. The molecule has 1 unspecified atom stereocenters. The van der Waals surface area contributed by atoms with Crippen molar-refractivity contribution in [3.8, 4) is 0 Å². The number of nitrogens with zero attached hydrogens (tertiary/aromatic N) is 1. The van der Waals surface area contributed by atoms with Gasteiger partial charge in [-0.2, -0.15) is 0 Å². The van der Waals surface area contributed by atoms with Crippen molar-refractivity contribution in [2.45, 2.75) is 30.7 Å². The first-order valence-corrected chi connectivity index (χ1v) is 7.07. The van der Waals surface area contributed by atoms with Crippen molar-refractivity contribution in [2.24, 2.45) is 0 Å². The Morgan fingerprint density at radius 3 is 2.67 bits per heavy atom. The molecule has 0 radical (unpaired) electrons. The van der Waals surface area contributed by atoms with Crippen molar-refractivity contribution in [3.63, 3.8) is 0 Å². The Morgan fingerprint density at radius 1 is 1.39 bits per heavy atom. The van der Waals surface area contributed by atoms with Gasteiger partial charge in [-0.25, -0.2) is 8.51 Å². The van der Waals surface area contributed by atoms with Crippen LogP contribution in [0, 0.1) is 6.92 Å². The summed E-state index contributed by atoms with van der Waals surface area (Å²) in [6.45, 7) is 2.65. The number of carbonyl (C=O) groups is 1. The highest BCUT2D eigenvalue weighted by atomic mass is 32.2. The molecule has 1 heterocycles. The van der Waals surface area contributed by atoms with Crippen LogP contribution in [0.15, 0.2) is 29.2 Å². The molecule has 1 aromatic rings. The summed E-state index contributed by atoms with van der Waals surface area (Å²) < 4.78 is 18.9. The first-order valence-electron chi connectivity index (χ1n) is 5.96. The zero-order valence-electron chi connectivity index (χ0n) is 10.6. The molecular weight excluding hydrogens is 250 g/mol. The maximum absolute atomic E-state index is 12.4. The molecule has 0 aromatic heterocycles. The third kappa shape index (κ3) is 2.62. The molecule has 0 N–H and O–H groups in total. The second-order valence-corrected chi connectivity index (χ2v) is 5.82. The Morgan fingerprint density at radius 2 is 2.06 bits per heavy atom. The Hall–Kier alpha value is -1.20. The van der Waals surface area contributed by atoms with Gasteiger partial charge >= 0.3 is 5.97 Å². The predicted octanol–water partition coefficient (Wildman–Crippen LogP) is 1.66. The summed E-state index contributed by atoms with van der Waals surface area (Å²) >= 11 is 0. The van der Waals surface area contributed by atoms with Crippen molar-refractivity contribution in [2.75, 3.05) is 13.7 Å². The van der Waals surface area contributed by atoms with Crippen LogP contribution in [0.1, 0.15) is 18.4 Å². The molecule has 5 heteroatoms. The molecule has 1 aromatic carbocycles. The van der Waals surface area contributed by atoms with Gasteiger partial charge in [0.2, 0.25) is 0 Å². The van der Waals surface area contributed by atoms with Crippen molar-refractivity contribution >= 4 is 17.0 Å². The lowest BCUT2D eigenvalue weighted by Gasteiger charge is -2.21. The van der Waals surface area contributed by atoms with E-state index < -0.39 is 11.0 Å². The highest BCUT2D eigenvalue weighted by Crippen LogP contribution is 2.24. The van der Waals surface area contributed by atoms with Gasteiger partial charge in [0.1, 0.15) is 17.0 Å². The normalized spacial score (nSPS) is 21.8. The summed E-state index contributed by atoms with van der Waals surface area (Å²) in [7, 11) is 0.0819. The van der Waals surface area contributed by atoms with Gasteiger partial charge in [0, 0.05) is 6.54 Å². The monoisotopic (exact) mass is 267 g/mol. The van der Waals surface area contributed by atoms with E-state index in [2.05, 4.69) is 0 Å².